The zero-order valence-corrected chi connectivity index (χ0v) is 10.9. The number of nitrogens with zero attached hydrogens (tertiary/aromatic N) is 2. The minimum atomic E-state index is -3.50. The molecular weight excluding hydrogens is 226 g/mol. The van der Waals surface area contributed by atoms with Gasteiger partial charge in [0, 0.05) is 31.2 Å². The predicted octanol–water partition coefficient (Wildman–Crippen LogP) is -0.00710. The number of hydrogen-bond acceptors (Lipinski definition) is 3. The molecule has 2 fully saturated rings. The average molecular weight is 247 g/mol. The van der Waals surface area contributed by atoms with Gasteiger partial charge in [0.25, 0.3) is 10.2 Å². The summed E-state index contributed by atoms with van der Waals surface area (Å²) in [6, 6.07) is 0.972. The highest BCUT2D eigenvalue weighted by atomic mass is 32.2. The maximum absolute atomic E-state index is 11.3. The Morgan fingerprint density at radius 2 is 1.81 bits per heavy atom. The van der Waals surface area contributed by atoms with Crippen LogP contribution in [0.25, 0.3) is 0 Å². The minimum Gasteiger partial charge on any atom is -0.294 e. The molecule has 0 aromatic rings. The van der Waals surface area contributed by atoms with E-state index in [1.54, 1.807) is 0 Å². The Bertz CT molecular complexity index is 368. The van der Waals surface area contributed by atoms with Crippen molar-refractivity contribution in [2.24, 2.45) is 11.1 Å². The van der Waals surface area contributed by atoms with E-state index in [-0.39, 0.29) is 6.04 Å². The highest BCUT2D eigenvalue weighted by Crippen LogP contribution is 2.34. The van der Waals surface area contributed by atoms with Gasteiger partial charge < -0.3 is 0 Å². The van der Waals surface area contributed by atoms with Crippen molar-refractivity contribution < 1.29 is 8.42 Å². The molecule has 5 nitrogen and oxygen atoms in total. The van der Waals surface area contributed by atoms with Gasteiger partial charge in [0.2, 0.25) is 0 Å². The van der Waals surface area contributed by atoms with Gasteiger partial charge in [-0.05, 0) is 19.3 Å². The monoisotopic (exact) mass is 247 g/mol. The van der Waals surface area contributed by atoms with Crippen LogP contribution in [0.4, 0.5) is 0 Å². The van der Waals surface area contributed by atoms with Crippen LogP contribution in [0.1, 0.15) is 27.2 Å². The Hall–Kier alpha value is -0.170. The van der Waals surface area contributed by atoms with E-state index in [9.17, 15) is 8.42 Å². The first-order chi connectivity index (χ1) is 7.30. The highest BCUT2D eigenvalue weighted by Gasteiger charge is 2.48. The summed E-state index contributed by atoms with van der Waals surface area (Å²) in [6.45, 7) is 8.02. The number of hydrogen-bond donors (Lipinski definition) is 1. The summed E-state index contributed by atoms with van der Waals surface area (Å²) in [5.74, 6) is 0.599. The molecule has 16 heavy (non-hydrogen) atoms. The molecule has 6 heteroatoms. The Morgan fingerprint density at radius 3 is 2.19 bits per heavy atom. The van der Waals surface area contributed by atoms with Gasteiger partial charge in [-0.3, -0.25) is 4.90 Å². The lowest BCUT2D eigenvalue weighted by molar-refractivity contribution is 0.111. The van der Waals surface area contributed by atoms with Crippen LogP contribution in [-0.2, 0) is 10.2 Å². The fraction of sp³-hybridized carbons (Fsp3) is 1.00. The number of piperazine rings is 1. The molecule has 2 aliphatic heterocycles. The van der Waals surface area contributed by atoms with Gasteiger partial charge in [-0.15, -0.1) is 0 Å². The van der Waals surface area contributed by atoms with Gasteiger partial charge in [0.15, 0.2) is 0 Å². The van der Waals surface area contributed by atoms with E-state index < -0.39 is 10.2 Å². The van der Waals surface area contributed by atoms with Crippen molar-refractivity contribution in [1.82, 2.24) is 9.21 Å². The average Bonchev–Trinajstić information content (AvgIpc) is 2.73. The van der Waals surface area contributed by atoms with E-state index in [1.807, 2.05) is 0 Å². The molecule has 94 valence electrons. The first-order valence-electron chi connectivity index (χ1n) is 5.86. The fourth-order valence-electron chi connectivity index (χ4n) is 2.85. The third kappa shape index (κ3) is 1.99. The molecule has 0 unspecified atom stereocenters. The Kier molecular flexibility index (Phi) is 3.03. The second-order valence-corrected chi connectivity index (χ2v) is 6.84. The molecule has 2 aliphatic rings. The van der Waals surface area contributed by atoms with E-state index in [0.29, 0.717) is 24.5 Å². The lowest BCUT2D eigenvalue weighted by atomic mass is 10.0. The van der Waals surface area contributed by atoms with Crippen molar-refractivity contribution in [3.63, 3.8) is 0 Å². The van der Waals surface area contributed by atoms with Crippen LogP contribution >= 0.6 is 0 Å². The summed E-state index contributed by atoms with van der Waals surface area (Å²) in [5, 5.41) is 5.19. The first kappa shape index (κ1) is 12.3. The molecule has 2 saturated heterocycles. The molecule has 3 atom stereocenters. The maximum Gasteiger partial charge on any atom is 0.277 e. The number of nitrogens with two attached hydrogens (primary N) is 1. The van der Waals surface area contributed by atoms with Gasteiger partial charge in [0.1, 0.15) is 0 Å². The molecule has 0 amide bonds. The fourth-order valence-corrected chi connectivity index (χ4v) is 3.80. The Morgan fingerprint density at radius 1 is 1.19 bits per heavy atom. The van der Waals surface area contributed by atoms with Crippen molar-refractivity contribution in [3.8, 4) is 0 Å². The third-order valence-electron chi connectivity index (χ3n) is 4.05. The molecule has 2 N–H and O–H groups in total. The third-order valence-corrected chi connectivity index (χ3v) is 5.15. The number of fused-ring (bicyclic) bond motifs is 2. The van der Waals surface area contributed by atoms with Crippen LogP contribution in [0.2, 0.25) is 0 Å². The van der Waals surface area contributed by atoms with Gasteiger partial charge in [-0.2, -0.15) is 12.7 Å². The molecule has 0 aromatic heterocycles. The topological polar surface area (TPSA) is 66.6 Å². The van der Waals surface area contributed by atoms with E-state index >= 15 is 0 Å². The molecular formula is C10H21N3O2S. The Labute approximate surface area is 97.8 Å². The minimum absolute atomic E-state index is 0.0983. The standard InChI is InChI=1S/C10H21N3O2S/c1-7(2)8(3)12-5-10-4-9(12)6-13(10)16(11,14)15/h7-10H,4-6H2,1-3H3,(H2,11,14,15)/t8-,9+,10+/m1/s1. The predicted molar refractivity (Wildman–Crippen MR) is 63.0 cm³/mol. The largest absolute Gasteiger partial charge is 0.294 e. The Balaban J connectivity index is 2.06. The second-order valence-electron chi connectivity index (χ2n) is 5.34. The number of rotatable bonds is 3. The van der Waals surface area contributed by atoms with Crippen LogP contribution < -0.4 is 5.14 Å². The molecule has 0 radical (unpaired) electrons. The smallest absolute Gasteiger partial charge is 0.277 e. The molecule has 2 bridgehead atoms. The van der Waals surface area contributed by atoms with Gasteiger partial charge in [0.05, 0.1) is 0 Å². The van der Waals surface area contributed by atoms with Crippen molar-refractivity contribution in [2.75, 3.05) is 13.1 Å². The van der Waals surface area contributed by atoms with Crippen LogP contribution in [0.3, 0.4) is 0 Å². The van der Waals surface area contributed by atoms with Gasteiger partial charge in [-0.1, -0.05) is 13.8 Å². The highest BCUT2D eigenvalue weighted by molar-refractivity contribution is 7.86. The molecule has 2 heterocycles. The summed E-state index contributed by atoms with van der Waals surface area (Å²) in [4.78, 5) is 2.43. The van der Waals surface area contributed by atoms with E-state index in [0.717, 1.165) is 13.0 Å². The quantitative estimate of drug-likeness (QED) is 0.763. The lowest BCUT2D eigenvalue weighted by Crippen LogP contribution is -2.53. The van der Waals surface area contributed by atoms with Gasteiger partial charge in [-0.25, -0.2) is 5.14 Å². The van der Waals surface area contributed by atoms with Crippen LogP contribution in [-0.4, -0.2) is 48.8 Å². The zero-order valence-electron chi connectivity index (χ0n) is 10.1. The maximum atomic E-state index is 11.3. The van der Waals surface area contributed by atoms with Crippen molar-refractivity contribution in [3.05, 3.63) is 0 Å². The first-order valence-corrected chi connectivity index (χ1v) is 7.36. The van der Waals surface area contributed by atoms with E-state index in [1.165, 1.54) is 4.31 Å². The summed E-state index contributed by atoms with van der Waals surface area (Å²) >= 11 is 0. The van der Waals surface area contributed by atoms with Crippen molar-refractivity contribution >= 4 is 10.2 Å². The molecule has 0 aliphatic carbocycles. The molecule has 2 rings (SSSR count). The zero-order chi connectivity index (χ0) is 12.1. The van der Waals surface area contributed by atoms with Crippen LogP contribution in [0, 0.1) is 5.92 Å². The molecule has 0 spiro atoms. The lowest BCUT2D eigenvalue weighted by Gasteiger charge is -2.38. The molecule has 0 saturated carbocycles. The van der Waals surface area contributed by atoms with E-state index in [4.69, 9.17) is 5.14 Å². The molecule has 0 aromatic carbocycles. The second kappa shape index (κ2) is 3.94. The van der Waals surface area contributed by atoms with Gasteiger partial charge >= 0.3 is 0 Å². The summed E-state index contributed by atoms with van der Waals surface area (Å²) < 4.78 is 24.1. The van der Waals surface area contributed by atoms with Crippen molar-refractivity contribution in [1.29, 1.82) is 0 Å². The van der Waals surface area contributed by atoms with Crippen LogP contribution in [0.5, 0.6) is 0 Å². The summed E-state index contributed by atoms with van der Waals surface area (Å²) in [7, 11) is -3.50. The van der Waals surface area contributed by atoms with E-state index in [2.05, 4.69) is 25.7 Å². The summed E-state index contributed by atoms with van der Waals surface area (Å²) in [6.07, 6.45) is 0.938. The summed E-state index contributed by atoms with van der Waals surface area (Å²) in [5.41, 5.74) is 0. The van der Waals surface area contributed by atoms with Crippen molar-refractivity contribution in [2.45, 2.75) is 45.3 Å². The normalized spacial score (nSPS) is 33.8. The SMILES string of the molecule is CC(C)[C@@H](C)N1C[C@@H]2C[C@H]1CN2S(N)(=O)=O. The number of likely N-dealkylation sites (tertiary alicyclic amines) is 1. The van der Waals surface area contributed by atoms with Crippen LogP contribution in [0.15, 0.2) is 0 Å².